The highest BCUT2D eigenvalue weighted by Crippen LogP contribution is 2.23. The van der Waals surface area contributed by atoms with Gasteiger partial charge in [0, 0.05) is 43.2 Å². The van der Waals surface area contributed by atoms with Crippen LogP contribution in [0, 0.1) is 0 Å². The van der Waals surface area contributed by atoms with Crippen LogP contribution in [0.5, 0.6) is 0 Å². The van der Waals surface area contributed by atoms with Gasteiger partial charge in [0.05, 0.1) is 0 Å². The molecule has 0 atom stereocenters. The van der Waals surface area contributed by atoms with Gasteiger partial charge in [0.25, 0.3) is 5.56 Å². The summed E-state index contributed by atoms with van der Waals surface area (Å²) >= 11 is 0. The average Bonchev–Trinajstić information content (AvgIpc) is 3.11. The van der Waals surface area contributed by atoms with Crippen LogP contribution in [0.4, 0.5) is 11.6 Å². The molecule has 0 amide bonds. The molecule has 4 heterocycles. The van der Waals surface area contributed by atoms with E-state index in [0.717, 1.165) is 30.9 Å². The fraction of sp³-hybridized carbons (Fsp3) is 0.333. The standard InChI is InChI=1S/C24H27N7O2/c1-15(2)30-23(33)20-14-26-24(28-19-7-6-16-8-10-25-13-17(16)12-19)29-22(20)31(30)21-5-3-4-18(27-21)9-11-32/h3-7,12,14-15,25,32H,8-11,13H2,1-2H3,(H,26,28,29). The van der Waals surface area contributed by atoms with Crippen molar-refractivity contribution in [3.05, 3.63) is 69.8 Å². The van der Waals surface area contributed by atoms with Crippen molar-refractivity contribution in [3.63, 3.8) is 0 Å². The molecule has 3 N–H and O–H groups in total. The summed E-state index contributed by atoms with van der Waals surface area (Å²) in [5.41, 5.74) is 4.58. The third-order valence-corrected chi connectivity index (χ3v) is 5.84. The highest BCUT2D eigenvalue weighted by atomic mass is 16.3. The Morgan fingerprint density at radius 3 is 2.88 bits per heavy atom. The van der Waals surface area contributed by atoms with E-state index in [4.69, 9.17) is 4.98 Å². The van der Waals surface area contributed by atoms with E-state index in [1.54, 1.807) is 15.6 Å². The van der Waals surface area contributed by atoms with Gasteiger partial charge in [-0.15, -0.1) is 0 Å². The molecule has 0 radical (unpaired) electrons. The second-order valence-corrected chi connectivity index (χ2v) is 8.48. The lowest BCUT2D eigenvalue weighted by molar-refractivity contribution is 0.298. The number of benzene rings is 1. The minimum absolute atomic E-state index is 0.00635. The van der Waals surface area contributed by atoms with Crippen molar-refractivity contribution in [2.24, 2.45) is 0 Å². The Morgan fingerprint density at radius 1 is 1.18 bits per heavy atom. The van der Waals surface area contributed by atoms with Crippen molar-refractivity contribution in [2.75, 3.05) is 18.5 Å². The number of fused-ring (bicyclic) bond motifs is 2. The van der Waals surface area contributed by atoms with Gasteiger partial charge in [-0.3, -0.25) is 4.79 Å². The Kier molecular flexibility index (Phi) is 5.65. The normalized spacial score (nSPS) is 13.5. The van der Waals surface area contributed by atoms with E-state index in [0.29, 0.717) is 29.2 Å². The highest BCUT2D eigenvalue weighted by molar-refractivity contribution is 5.77. The van der Waals surface area contributed by atoms with Crippen molar-refractivity contribution >= 4 is 22.7 Å². The number of anilines is 2. The maximum absolute atomic E-state index is 13.2. The predicted octanol–water partition coefficient (Wildman–Crippen LogP) is 2.48. The fourth-order valence-electron chi connectivity index (χ4n) is 4.27. The minimum atomic E-state index is -0.166. The number of nitrogens with zero attached hydrogens (tertiary/aromatic N) is 5. The van der Waals surface area contributed by atoms with Crippen molar-refractivity contribution in [1.82, 2.24) is 29.6 Å². The molecule has 3 aromatic heterocycles. The van der Waals surface area contributed by atoms with Crippen LogP contribution in [0.2, 0.25) is 0 Å². The van der Waals surface area contributed by atoms with Crippen LogP contribution < -0.4 is 16.2 Å². The van der Waals surface area contributed by atoms with Gasteiger partial charge in [-0.2, -0.15) is 4.98 Å². The zero-order valence-electron chi connectivity index (χ0n) is 18.7. The smallest absolute Gasteiger partial charge is 0.278 e. The maximum Gasteiger partial charge on any atom is 0.278 e. The topological polar surface area (TPSA) is 110 Å². The fourth-order valence-corrected chi connectivity index (χ4v) is 4.27. The van der Waals surface area contributed by atoms with Gasteiger partial charge in [0.2, 0.25) is 5.95 Å². The number of aromatic nitrogens is 5. The molecule has 0 saturated carbocycles. The first-order valence-electron chi connectivity index (χ1n) is 11.2. The molecule has 1 aliphatic heterocycles. The lowest BCUT2D eigenvalue weighted by atomic mass is 10.0. The SMILES string of the molecule is CC(C)n1c(=O)c2cnc(Nc3ccc4c(c3)CNCC4)nc2n1-c1cccc(CCO)n1. The Balaban J connectivity index is 1.61. The van der Waals surface area contributed by atoms with E-state index >= 15 is 0 Å². The van der Waals surface area contributed by atoms with Gasteiger partial charge in [-0.1, -0.05) is 12.1 Å². The molecule has 4 aromatic rings. The van der Waals surface area contributed by atoms with Crippen molar-refractivity contribution in [2.45, 2.75) is 39.3 Å². The third kappa shape index (κ3) is 4.01. The van der Waals surface area contributed by atoms with E-state index in [1.807, 2.05) is 38.1 Å². The van der Waals surface area contributed by atoms with Gasteiger partial charge in [0.15, 0.2) is 11.5 Å². The molecule has 33 heavy (non-hydrogen) atoms. The van der Waals surface area contributed by atoms with Crippen LogP contribution in [-0.4, -0.2) is 42.6 Å². The van der Waals surface area contributed by atoms with E-state index in [1.165, 1.54) is 11.1 Å². The number of pyridine rings is 1. The van der Waals surface area contributed by atoms with E-state index in [-0.39, 0.29) is 18.2 Å². The summed E-state index contributed by atoms with van der Waals surface area (Å²) < 4.78 is 3.38. The van der Waals surface area contributed by atoms with Crippen LogP contribution >= 0.6 is 0 Å². The van der Waals surface area contributed by atoms with E-state index in [9.17, 15) is 9.90 Å². The largest absolute Gasteiger partial charge is 0.396 e. The number of aliphatic hydroxyl groups excluding tert-OH is 1. The molecule has 0 saturated heterocycles. The molecule has 0 spiro atoms. The molecule has 1 aliphatic rings. The van der Waals surface area contributed by atoms with Crippen molar-refractivity contribution in [1.29, 1.82) is 0 Å². The quantitative estimate of drug-likeness (QED) is 0.418. The summed E-state index contributed by atoms with van der Waals surface area (Å²) in [5.74, 6) is 0.985. The number of rotatable bonds is 6. The summed E-state index contributed by atoms with van der Waals surface area (Å²) in [7, 11) is 0. The van der Waals surface area contributed by atoms with Crippen LogP contribution in [0.15, 0.2) is 47.4 Å². The first-order valence-corrected chi connectivity index (χ1v) is 11.2. The molecule has 9 nitrogen and oxygen atoms in total. The Bertz CT molecular complexity index is 1370. The molecule has 0 fully saturated rings. The van der Waals surface area contributed by atoms with Crippen LogP contribution in [0.3, 0.4) is 0 Å². The minimum Gasteiger partial charge on any atom is -0.396 e. The zero-order chi connectivity index (χ0) is 22.9. The van der Waals surface area contributed by atoms with Gasteiger partial charge >= 0.3 is 0 Å². The first kappa shape index (κ1) is 21.3. The predicted molar refractivity (Wildman–Crippen MR) is 127 cm³/mol. The summed E-state index contributed by atoms with van der Waals surface area (Å²) in [6, 6.07) is 11.7. The summed E-state index contributed by atoms with van der Waals surface area (Å²) in [5, 5.41) is 16.4. The zero-order valence-corrected chi connectivity index (χ0v) is 18.7. The van der Waals surface area contributed by atoms with Crippen molar-refractivity contribution in [3.8, 4) is 5.82 Å². The lowest BCUT2D eigenvalue weighted by Gasteiger charge is -2.18. The molecule has 0 bridgehead atoms. The summed E-state index contributed by atoms with van der Waals surface area (Å²) in [4.78, 5) is 27.0. The molecule has 5 rings (SSSR count). The monoisotopic (exact) mass is 445 g/mol. The number of hydrogen-bond acceptors (Lipinski definition) is 7. The maximum atomic E-state index is 13.2. The van der Waals surface area contributed by atoms with Gasteiger partial charge in [-0.25, -0.2) is 19.3 Å². The van der Waals surface area contributed by atoms with Crippen LogP contribution in [-0.2, 0) is 19.4 Å². The number of hydrogen-bond donors (Lipinski definition) is 3. The second-order valence-electron chi connectivity index (χ2n) is 8.48. The summed E-state index contributed by atoms with van der Waals surface area (Å²) in [6.07, 6.45) is 3.03. The van der Waals surface area contributed by atoms with Gasteiger partial charge < -0.3 is 15.7 Å². The summed E-state index contributed by atoms with van der Waals surface area (Å²) in [6.45, 7) is 5.74. The Hall–Kier alpha value is -3.56. The average molecular weight is 446 g/mol. The molecular weight excluding hydrogens is 418 g/mol. The molecular formula is C24H27N7O2. The molecule has 0 unspecified atom stereocenters. The number of nitrogens with one attached hydrogen (secondary N) is 2. The van der Waals surface area contributed by atoms with E-state index < -0.39 is 0 Å². The lowest BCUT2D eigenvalue weighted by Crippen LogP contribution is -2.24. The van der Waals surface area contributed by atoms with Gasteiger partial charge in [0.1, 0.15) is 5.39 Å². The highest BCUT2D eigenvalue weighted by Gasteiger charge is 2.20. The van der Waals surface area contributed by atoms with E-state index in [2.05, 4.69) is 32.7 Å². The second kappa shape index (κ2) is 8.76. The van der Waals surface area contributed by atoms with Gasteiger partial charge in [-0.05, 0) is 62.2 Å². The number of aliphatic hydroxyl groups is 1. The van der Waals surface area contributed by atoms with Crippen LogP contribution in [0.25, 0.3) is 16.9 Å². The molecule has 1 aromatic carbocycles. The Labute approximate surface area is 191 Å². The Morgan fingerprint density at radius 2 is 2.06 bits per heavy atom. The molecule has 0 aliphatic carbocycles. The first-order chi connectivity index (χ1) is 16.0. The third-order valence-electron chi connectivity index (χ3n) is 5.84. The van der Waals surface area contributed by atoms with Crippen molar-refractivity contribution < 1.29 is 5.11 Å². The van der Waals surface area contributed by atoms with Crippen LogP contribution in [0.1, 0.15) is 36.7 Å². The molecule has 170 valence electrons. The molecule has 9 heteroatoms.